The third-order valence-electron chi connectivity index (χ3n) is 6.24. The molecular formula is C27H33ClN6O5. The van der Waals surface area contributed by atoms with E-state index in [0.717, 1.165) is 16.6 Å². The summed E-state index contributed by atoms with van der Waals surface area (Å²) in [7, 11) is 0. The van der Waals surface area contributed by atoms with Crippen LogP contribution in [0, 0.1) is 0 Å². The first kappa shape index (κ1) is 28.2. The lowest BCUT2D eigenvalue weighted by atomic mass is 10.0. The van der Waals surface area contributed by atoms with Crippen LogP contribution in [-0.4, -0.2) is 82.3 Å². The number of hydrogen-bond acceptors (Lipinski definition) is 7. The van der Waals surface area contributed by atoms with Crippen molar-refractivity contribution in [3.05, 3.63) is 53.3 Å². The topological polar surface area (TPSA) is 140 Å². The quantitative estimate of drug-likeness (QED) is 0.351. The minimum atomic E-state index is -0.815. The summed E-state index contributed by atoms with van der Waals surface area (Å²) in [6, 6.07) is 8.20. The van der Waals surface area contributed by atoms with E-state index in [1.54, 1.807) is 50.2 Å². The Labute approximate surface area is 231 Å². The maximum absolute atomic E-state index is 13.6. The van der Waals surface area contributed by atoms with E-state index in [2.05, 4.69) is 25.5 Å². The van der Waals surface area contributed by atoms with Gasteiger partial charge in [-0.3, -0.25) is 9.59 Å². The van der Waals surface area contributed by atoms with Crippen LogP contribution in [0.4, 0.5) is 16.2 Å². The Morgan fingerprint density at radius 1 is 1.13 bits per heavy atom. The van der Waals surface area contributed by atoms with Crippen LogP contribution in [0.1, 0.15) is 26.3 Å². The summed E-state index contributed by atoms with van der Waals surface area (Å²) in [5, 5.41) is 15.9. The molecule has 2 aromatic heterocycles. The van der Waals surface area contributed by atoms with Crippen molar-refractivity contribution >= 4 is 51.9 Å². The number of aliphatic hydroxyl groups excluding tert-OH is 1. The monoisotopic (exact) mass is 556 g/mol. The van der Waals surface area contributed by atoms with Gasteiger partial charge < -0.3 is 35.3 Å². The summed E-state index contributed by atoms with van der Waals surface area (Å²) in [5.41, 5.74) is 2.13. The molecule has 0 bridgehead atoms. The van der Waals surface area contributed by atoms with Crippen molar-refractivity contribution in [1.82, 2.24) is 20.2 Å². The first-order valence-corrected chi connectivity index (χ1v) is 13.1. The van der Waals surface area contributed by atoms with Crippen molar-refractivity contribution in [3.63, 3.8) is 0 Å². The highest BCUT2D eigenvalue weighted by Gasteiger charge is 2.31. The number of carbonyl (C=O) groups excluding carboxylic acids is 3. The molecule has 0 spiro atoms. The number of fused-ring (bicyclic) bond motifs is 1. The largest absolute Gasteiger partial charge is 0.444 e. The maximum atomic E-state index is 13.6. The predicted octanol–water partition coefficient (Wildman–Crippen LogP) is 2.93. The van der Waals surface area contributed by atoms with Crippen molar-refractivity contribution in [1.29, 1.82) is 0 Å². The van der Waals surface area contributed by atoms with E-state index in [-0.39, 0.29) is 12.3 Å². The molecule has 1 saturated heterocycles. The van der Waals surface area contributed by atoms with Gasteiger partial charge in [0.2, 0.25) is 11.8 Å². The molecule has 4 rings (SSSR count). The van der Waals surface area contributed by atoms with Gasteiger partial charge in [-0.1, -0.05) is 23.7 Å². The first-order chi connectivity index (χ1) is 18.5. The second-order valence-corrected chi connectivity index (χ2v) is 10.7. The summed E-state index contributed by atoms with van der Waals surface area (Å²) in [6.45, 7) is 6.59. The molecular weight excluding hydrogens is 524 g/mol. The Morgan fingerprint density at radius 2 is 1.82 bits per heavy atom. The molecule has 1 aromatic carbocycles. The number of halogens is 1. The number of rotatable bonds is 7. The number of aromatic nitrogens is 2. The smallest absolute Gasteiger partial charge is 0.408 e. The molecule has 11 nitrogen and oxygen atoms in total. The molecule has 1 aliphatic rings. The van der Waals surface area contributed by atoms with Gasteiger partial charge in [-0.2, -0.15) is 0 Å². The normalized spacial score (nSPS) is 14.7. The molecule has 1 unspecified atom stereocenters. The van der Waals surface area contributed by atoms with Crippen molar-refractivity contribution in [2.24, 2.45) is 0 Å². The van der Waals surface area contributed by atoms with E-state index in [0.29, 0.717) is 42.5 Å². The van der Waals surface area contributed by atoms with Crippen LogP contribution in [0.15, 0.2) is 42.7 Å². The fraction of sp³-hybridized carbons (Fsp3) is 0.407. The van der Waals surface area contributed by atoms with Crippen LogP contribution < -0.4 is 15.5 Å². The molecule has 1 aliphatic heterocycles. The first-order valence-electron chi connectivity index (χ1n) is 12.7. The number of hydrogen-bond donors (Lipinski definition) is 4. The van der Waals surface area contributed by atoms with E-state index < -0.39 is 30.3 Å². The second-order valence-electron chi connectivity index (χ2n) is 10.3. The van der Waals surface area contributed by atoms with Crippen molar-refractivity contribution in [2.45, 2.75) is 38.8 Å². The third kappa shape index (κ3) is 7.18. The zero-order valence-corrected chi connectivity index (χ0v) is 22.9. The Balaban J connectivity index is 1.48. The number of amides is 3. The SMILES string of the molecule is CC(C)(C)OC(=O)NC(Cc1ccc(Cl)cc1)C(=O)N1CCN(c2ccnc3[nH]cc(NC(=O)CO)c23)CC1. The highest BCUT2D eigenvalue weighted by molar-refractivity contribution is 6.30. The molecule has 1 fully saturated rings. The van der Waals surface area contributed by atoms with E-state index in [4.69, 9.17) is 21.4 Å². The maximum Gasteiger partial charge on any atom is 0.408 e. The zero-order valence-electron chi connectivity index (χ0n) is 22.2. The molecule has 3 amide bonds. The van der Waals surface area contributed by atoms with Gasteiger partial charge in [-0.15, -0.1) is 0 Å². The van der Waals surface area contributed by atoms with E-state index in [1.807, 2.05) is 18.2 Å². The second kappa shape index (κ2) is 11.9. The molecule has 12 heteroatoms. The number of alkyl carbamates (subject to hydrolysis) is 1. The molecule has 0 radical (unpaired) electrons. The van der Waals surface area contributed by atoms with Crippen molar-refractivity contribution in [3.8, 4) is 0 Å². The average Bonchev–Trinajstić information content (AvgIpc) is 3.31. The number of anilines is 2. The highest BCUT2D eigenvalue weighted by Crippen LogP contribution is 2.32. The van der Waals surface area contributed by atoms with E-state index in [9.17, 15) is 14.4 Å². The number of ether oxygens (including phenoxy) is 1. The highest BCUT2D eigenvalue weighted by atomic mass is 35.5. The zero-order chi connectivity index (χ0) is 28.2. The number of aliphatic hydroxyl groups is 1. The Kier molecular flexibility index (Phi) is 8.61. The van der Waals surface area contributed by atoms with Gasteiger partial charge in [0, 0.05) is 50.0 Å². The number of piperazine rings is 1. The summed E-state index contributed by atoms with van der Waals surface area (Å²) >= 11 is 6.02. The average molecular weight is 557 g/mol. The Hall–Kier alpha value is -3.83. The van der Waals surface area contributed by atoms with E-state index in [1.165, 1.54) is 0 Å². The van der Waals surface area contributed by atoms with Gasteiger partial charge in [0.15, 0.2) is 0 Å². The number of nitrogens with one attached hydrogen (secondary N) is 3. The summed E-state index contributed by atoms with van der Waals surface area (Å²) < 4.78 is 5.41. The molecule has 3 heterocycles. The lowest BCUT2D eigenvalue weighted by molar-refractivity contribution is -0.133. The number of H-pyrrole nitrogens is 1. The molecule has 1 atom stereocenters. The Bertz CT molecular complexity index is 1330. The van der Waals surface area contributed by atoms with Gasteiger partial charge in [0.05, 0.1) is 16.8 Å². The van der Waals surface area contributed by atoms with Gasteiger partial charge in [0.25, 0.3) is 0 Å². The van der Waals surface area contributed by atoms with Gasteiger partial charge in [0.1, 0.15) is 23.9 Å². The standard InChI is InChI=1S/C27H33ClN6O5/c1-27(2,3)39-26(38)32-19(14-17-4-6-18(28)7-5-17)25(37)34-12-10-33(11-13-34)21-8-9-29-24-23(21)20(15-30-24)31-22(36)16-35/h4-9,15,19,35H,10-14,16H2,1-3H3,(H,29,30)(H,31,36)(H,32,38). The van der Waals surface area contributed by atoms with Gasteiger partial charge >= 0.3 is 6.09 Å². The molecule has 3 aromatic rings. The molecule has 208 valence electrons. The van der Waals surface area contributed by atoms with Gasteiger partial charge in [-0.05, 0) is 44.5 Å². The van der Waals surface area contributed by atoms with Gasteiger partial charge in [-0.25, -0.2) is 9.78 Å². The van der Waals surface area contributed by atoms with Crippen molar-refractivity contribution < 1.29 is 24.2 Å². The molecule has 4 N–H and O–H groups in total. The number of aromatic amines is 1. The summed E-state index contributed by atoms with van der Waals surface area (Å²) in [4.78, 5) is 49.2. The van der Waals surface area contributed by atoms with E-state index >= 15 is 0 Å². The predicted molar refractivity (Wildman–Crippen MR) is 149 cm³/mol. The number of nitrogens with zero attached hydrogens (tertiary/aromatic N) is 3. The lowest BCUT2D eigenvalue weighted by Gasteiger charge is -2.38. The molecule has 39 heavy (non-hydrogen) atoms. The lowest BCUT2D eigenvalue weighted by Crippen LogP contribution is -2.56. The molecule has 0 aliphatic carbocycles. The summed E-state index contributed by atoms with van der Waals surface area (Å²) in [6.07, 6.45) is 2.95. The summed E-state index contributed by atoms with van der Waals surface area (Å²) in [5.74, 6) is -0.724. The van der Waals surface area contributed by atoms with Crippen molar-refractivity contribution in [2.75, 3.05) is 43.0 Å². The Morgan fingerprint density at radius 3 is 2.46 bits per heavy atom. The minimum Gasteiger partial charge on any atom is -0.444 e. The fourth-order valence-corrected chi connectivity index (χ4v) is 4.61. The van der Waals surface area contributed by atoms with Crippen LogP contribution in [0.25, 0.3) is 11.0 Å². The van der Waals surface area contributed by atoms with Crippen LogP contribution in [0.3, 0.4) is 0 Å². The van der Waals surface area contributed by atoms with Crippen LogP contribution in [0.5, 0.6) is 0 Å². The molecule has 0 saturated carbocycles. The number of carbonyl (C=O) groups is 3. The fourth-order valence-electron chi connectivity index (χ4n) is 4.49. The number of pyridine rings is 1. The van der Waals surface area contributed by atoms with Crippen LogP contribution >= 0.6 is 11.6 Å². The van der Waals surface area contributed by atoms with Crippen LogP contribution in [0.2, 0.25) is 5.02 Å². The minimum absolute atomic E-state index is 0.201. The third-order valence-corrected chi connectivity index (χ3v) is 6.50. The number of benzene rings is 1. The van der Waals surface area contributed by atoms with Crippen LogP contribution in [-0.2, 0) is 20.7 Å².